The predicted molar refractivity (Wildman–Crippen MR) is 99.7 cm³/mol. The van der Waals surface area contributed by atoms with Gasteiger partial charge in [-0.25, -0.2) is 9.78 Å². The van der Waals surface area contributed by atoms with E-state index < -0.39 is 5.97 Å². The maximum Gasteiger partial charge on any atom is 0.339 e. The molecule has 0 saturated carbocycles. The van der Waals surface area contributed by atoms with E-state index in [1.807, 2.05) is 24.3 Å². The molecule has 26 heavy (non-hydrogen) atoms. The fourth-order valence-electron chi connectivity index (χ4n) is 2.35. The van der Waals surface area contributed by atoms with Gasteiger partial charge in [0, 0.05) is 5.69 Å². The molecule has 0 aliphatic rings. The van der Waals surface area contributed by atoms with Crippen molar-refractivity contribution < 1.29 is 14.3 Å². The van der Waals surface area contributed by atoms with Crippen molar-refractivity contribution in [1.82, 2.24) is 4.98 Å². The van der Waals surface area contributed by atoms with Crippen molar-refractivity contribution >= 4 is 28.9 Å². The molecule has 0 saturated heterocycles. The first-order valence-electron chi connectivity index (χ1n) is 7.94. The number of esters is 1. The Balaban J connectivity index is 1.72. The van der Waals surface area contributed by atoms with Crippen LogP contribution in [0.5, 0.6) is 0 Å². The molecule has 0 aliphatic heterocycles. The molecule has 0 unspecified atom stereocenters. The van der Waals surface area contributed by atoms with Gasteiger partial charge in [0.2, 0.25) is 0 Å². The molecular weight excluding hydrogens is 330 g/mol. The van der Waals surface area contributed by atoms with Gasteiger partial charge in [0.05, 0.1) is 30.2 Å². The molecule has 3 rings (SSSR count). The van der Waals surface area contributed by atoms with Crippen molar-refractivity contribution in [3.05, 3.63) is 84.2 Å². The largest absolute Gasteiger partial charge is 0.465 e. The number of anilines is 3. The lowest BCUT2D eigenvalue weighted by Gasteiger charge is -2.11. The van der Waals surface area contributed by atoms with Crippen LogP contribution < -0.4 is 10.6 Å². The summed E-state index contributed by atoms with van der Waals surface area (Å²) in [4.78, 5) is 28.2. The lowest BCUT2D eigenvalue weighted by atomic mass is 10.1. The third-order valence-corrected chi connectivity index (χ3v) is 3.64. The number of hydrogen-bond donors (Lipinski definition) is 2. The molecule has 6 nitrogen and oxygen atoms in total. The average molecular weight is 347 g/mol. The maximum absolute atomic E-state index is 12.2. The number of pyridine rings is 1. The molecule has 1 aromatic heterocycles. The number of ether oxygens (including phenoxy) is 1. The second-order valence-electron chi connectivity index (χ2n) is 5.41. The number of carbonyl (C=O) groups excluding carboxylic acids is 2. The first-order chi connectivity index (χ1) is 12.7. The van der Waals surface area contributed by atoms with E-state index in [2.05, 4.69) is 15.6 Å². The minimum atomic E-state index is -0.431. The SMILES string of the molecule is COC(=O)c1ccccc1Nc1ccc(C(=O)Nc2ccccc2)nc1. The van der Waals surface area contributed by atoms with Crippen molar-refractivity contribution in [2.45, 2.75) is 0 Å². The van der Waals surface area contributed by atoms with Crippen molar-refractivity contribution in [1.29, 1.82) is 0 Å². The van der Waals surface area contributed by atoms with Crippen molar-refractivity contribution in [2.75, 3.05) is 17.7 Å². The highest BCUT2D eigenvalue weighted by Gasteiger charge is 2.12. The average Bonchev–Trinajstić information content (AvgIpc) is 2.69. The van der Waals surface area contributed by atoms with Crippen molar-refractivity contribution in [3.63, 3.8) is 0 Å². The molecule has 3 aromatic rings. The van der Waals surface area contributed by atoms with Crippen LogP contribution in [0.25, 0.3) is 0 Å². The number of nitrogens with zero attached hydrogens (tertiary/aromatic N) is 1. The predicted octanol–water partition coefficient (Wildman–Crippen LogP) is 3.86. The Kier molecular flexibility index (Phi) is 5.24. The van der Waals surface area contributed by atoms with Crippen LogP contribution in [-0.4, -0.2) is 24.0 Å². The topological polar surface area (TPSA) is 80.3 Å². The van der Waals surface area contributed by atoms with Gasteiger partial charge in [0.1, 0.15) is 5.69 Å². The second-order valence-corrected chi connectivity index (χ2v) is 5.41. The number of benzene rings is 2. The summed E-state index contributed by atoms with van der Waals surface area (Å²) in [6.45, 7) is 0. The van der Waals surface area contributed by atoms with Gasteiger partial charge in [-0.3, -0.25) is 4.79 Å². The Hall–Kier alpha value is -3.67. The molecule has 0 aliphatic carbocycles. The molecule has 6 heteroatoms. The van der Waals surface area contributed by atoms with E-state index in [9.17, 15) is 9.59 Å². The summed E-state index contributed by atoms with van der Waals surface area (Å²) in [7, 11) is 1.33. The minimum absolute atomic E-state index is 0.292. The van der Waals surface area contributed by atoms with Gasteiger partial charge in [-0.05, 0) is 36.4 Å². The number of carbonyl (C=O) groups is 2. The minimum Gasteiger partial charge on any atom is -0.465 e. The molecule has 130 valence electrons. The number of nitrogens with one attached hydrogen (secondary N) is 2. The van der Waals surface area contributed by atoms with Crippen molar-refractivity contribution in [2.24, 2.45) is 0 Å². The lowest BCUT2D eigenvalue weighted by Crippen LogP contribution is -2.13. The molecule has 0 spiro atoms. The van der Waals surface area contributed by atoms with Gasteiger partial charge in [0.25, 0.3) is 5.91 Å². The van der Waals surface area contributed by atoms with E-state index in [1.54, 1.807) is 42.5 Å². The van der Waals surface area contributed by atoms with Gasteiger partial charge >= 0.3 is 5.97 Å². The van der Waals surface area contributed by atoms with Gasteiger partial charge in [-0.2, -0.15) is 0 Å². The summed E-state index contributed by atoms with van der Waals surface area (Å²) in [5.74, 6) is -0.724. The molecule has 1 heterocycles. The summed E-state index contributed by atoms with van der Waals surface area (Å²) >= 11 is 0. The Morgan fingerprint density at radius 3 is 2.31 bits per heavy atom. The molecule has 0 fully saturated rings. The molecule has 0 bridgehead atoms. The summed E-state index contributed by atoms with van der Waals surface area (Å²) in [6, 6.07) is 19.5. The highest BCUT2D eigenvalue weighted by molar-refractivity contribution is 6.03. The highest BCUT2D eigenvalue weighted by Crippen LogP contribution is 2.21. The van der Waals surface area contributed by atoms with Crippen LogP contribution in [0.15, 0.2) is 72.9 Å². The molecule has 0 atom stereocenters. The van der Waals surface area contributed by atoms with E-state index in [1.165, 1.54) is 13.3 Å². The fourth-order valence-corrected chi connectivity index (χ4v) is 2.35. The molecule has 0 radical (unpaired) electrons. The Labute approximate surface area is 150 Å². The van der Waals surface area contributed by atoms with Crippen LogP contribution in [0.3, 0.4) is 0 Å². The highest BCUT2D eigenvalue weighted by atomic mass is 16.5. The van der Waals surface area contributed by atoms with Crippen LogP contribution in [0.4, 0.5) is 17.1 Å². The van der Waals surface area contributed by atoms with E-state index in [-0.39, 0.29) is 5.91 Å². The zero-order valence-electron chi connectivity index (χ0n) is 14.1. The smallest absolute Gasteiger partial charge is 0.339 e. The van der Waals surface area contributed by atoms with Gasteiger partial charge in [-0.1, -0.05) is 30.3 Å². The third-order valence-electron chi connectivity index (χ3n) is 3.64. The Bertz CT molecular complexity index is 909. The fraction of sp³-hybridized carbons (Fsp3) is 0.0500. The normalized spacial score (nSPS) is 10.0. The van der Waals surface area contributed by atoms with Gasteiger partial charge in [0.15, 0.2) is 0 Å². The lowest BCUT2D eigenvalue weighted by molar-refractivity contribution is 0.0601. The molecule has 2 N–H and O–H groups in total. The summed E-state index contributed by atoms with van der Waals surface area (Å²) < 4.78 is 4.77. The van der Waals surface area contributed by atoms with E-state index in [4.69, 9.17) is 4.74 Å². The Morgan fingerprint density at radius 2 is 1.62 bits per heavy atom. The van der Waals surface area contributed by atoms with Gasteiger partial charge in [-0.15, -0.1) is 0 Å². The van der Waals surface area contributed by atoms with Crippen LogP contribution in [0.2, 0.25) is 0 Å². The number of amides is 1. The van der Waals surface area contributed by atoms with Gasteiger partial charge < -0.3 is 15.4 Å². The second kappa shape index (κ2) is 7.94. The number of hydrogen-bond acceptors (Lipinski definition) is 5. The van der Waals surface area contributed by atoms with Crippen LogP contribution in [0, 0.1) is 0 Å². The zero-order chi connectivity index (χ0) is 18.4. The summed E-state index contributed by atoms with van der Waals surface area (Å²) in [6.07, 6.45) is 1.54. The molecular formula is C20H17N3O3. The molecule has 2 aromatic carbocycles. The summed E-state index contributed by atoms with van der Waals surface area (Å²) in [5.41, 5.74) is 2.66. The number of rotatable bonds is 5. The van der Waals surface area contributed by atoms with Crippen LogP contribution in [-0.2, 0) is 4.74 Å². The van der Waals surface area contributed by atoms with Crippen molar-refractivity contribution in [3.8, 4) is 0 Å². The van der Waals surface area contributed by atoms with E-state index in [0.29, 0.717) is 28.3 Å². The standard InChI is InChI=1S/C20H17N3O3/c1-26-20(25)16-9-5-6-10-17(16)22-15-11-12-18(21-13-15)19(24)23-14-7-3-2-4-8-14/h2-13,22H,1H3,(H,23,24). The first kappa shape index (κ1) is 17.2. The number of methoxy groups -OCH3 is 1. The van der Waals surface area contributed by atoms with E-state index >= 15 is 0 Å². The van der Waals surface area contributed by atoms with Crippen LogP contribution >= 0.6 is 0 Å². The maximum atomic E-state index is 12.2. The number of para-hydroxylation sites is 2. The zero-order valence-corrected chi connectivity index (χ0v) is 14.1. The Morgan fingerprint density at radius 1 is 0.885 bits per heavy atom. The quantitative estimate of drug-likeness (QED) is 0.685. The monoisotopic (exact) mass is 347 g/mol. The molecule has 1 amide bonds. The first-order valence-corrected chi connectivity index (χ1v) is 7.94. The third kappa shape index (κ3) is 4.05. The summed E-state index contributed by atoms with van der Waals surface area (Å²) in [5, 5.41) is 5.88. The van der Waals surface area contributed by atoms with Crippen LogP contribution in [0.1, 0.15) is 20.8 Å². The van der Waals surface area contributed by atoms with E-state index in [0.717, 1.165) is 0 Å². The number of aromatic nitrogens is 1.